The zero-order chi connectivity index (χ0) is 13.2. The molecule has 2 aliphatic rings. The topological polar surface area (TPSA) is 15.3 Å². The van der Waals surface area contributed by atoms with Crippen LogP contribution in [0.5, 0.6) is 0 Å². The van der Waals surface area contributed by atoms with Gasteiger partial charge >= 0.3 is 0 Å². The maximum Gasteiger partial charge on any atom is 0.0451 e. The normalized spacial score (nSPS) is 21.8. The molecule has 0 aromatic heterocycles. The van der Waals surface area contributed by atoms with Crippen LogP contribution in [0, 0.1) is 0 Å². The Kier molecular flexibility index (Phi) is 4.47. The van der Waals surface area contributed by atoms with E-state index in [1.54, 1.807) is 0 Å². The third kappa shape index (κ3) is 3.72. The van der Waals surface area contributed by atoms with Crippen molar-refractivity contribution in [2.24, 2.45) is 0 Å². The van der Waals surface area contributed by atoms with Gasteiger partial charge in [0.25, 0.3) is 0 Å². The molecule has 0 bridgehead atoms. The van der Waals surface area contributed by atoms with E-state index in [1.165, 1.54) is 44.3 Å². The van der Waals surface area contributed by atoms with Gasteiger partial charge in [0.2, 0.25) is 0 Å². The number of likely N-dealkylation sites (tertiary alicyclic amines) is 1. The minimum Gasteiger partial charge on any atom is -0.310 e. The van der Waals surface area contributed by atoms with Crippen LogP contribution >= 0.6 is 27.5 Å². The summed E-state index contributed by atoms with van der Waals surface area (Å²) in [6, 6.07) is 7.61. The summed E-state index contributed by atoms with van der Waals surface area (Å²) in [5.41, 5.74) is 1.18. The Bertz CT molecular complexity index is 440. The lowest BCUT2D eigenvalue weighted by Crippen LogP contribution is -2.43. The Hall–Kier alpha value is -0.0900. The van der Waals surface area contributed by atoms with E-state index in [2.05, 4.69) is 32.2 Å². The Morgan fingerprint density at radius 3 is 2.63 bits per heavy atom. The van der Waals surface area contributed by atoms with E-state index in [0.29, 0.717) is 6.04 Å². The number of nitrogens with one attached hydrogen (secondary N) is 1. The monoisotopic (exact) mass is 342 g/mol. The van der Waals surface area contributed by atoms with E-state index in [4.69, 9.17) is 11.6 Å². The molecule has 4 heteroatoms. The molecule has 0 spiro atoms. The molecule has 2 nitrogen and oxygen atoms in total. The van der Waals surface area contributed by atoms with Crippen molar-refractivity contribution in [3.63, 3.8) is 0 Å². The van der Waals surface area contributed by atoms with Crippen LogP contribution in [0.1, 0.15) is 31.2 Å². The Labute approximate surface area is 128 Å². The predicted octanol–water partition coefficient (Wildman–Crippen LogP) is 3.82. The van der Waals surface area contributed by atoms with Gasteiger partial charge in [0.15, 0.2) is 0 Å². The molecular formula is C15H20BrClN2. The molecular weight excluding hydrogens is 324 g/mol. The molecule has 0 amide bonds. The molecule has 104 valence electrons. The summed E-state index contributed by atoms with van der Waals surface area (Å²) in [5.74, 6) is 0. The van der Waals surface area contributed by atoms with Gasteiger partial charge in [0, 0.05) is 28.1 Å². The molecule has 3 rings (SSSR count). The summed E-state index contributed by atoms with van der Waals surface area (Å²) < 4.78 is 1.09. The van der Waals surface area contributed by atoms with Crippen molar-refractivity contribution >= 4 is 27.5 Å². The summed E-state index contributed by atoms with van der Waals surface area (Å²) in [4.78, 5) is 2.66. The highest BCUT2D eigenvalue weighted by atomic mass is 79.9. The second kappa shape index (κ2) is 6.13. The van der Waals surface area contributed by atoms with E-state index < -0.39 is 0 Å². The molecule has 19 heavy (non-hydrogen) atoms. The fraction of sp³-hybridized carbons (Fsp3) is 0.600. The first-order valence-corrected chi connectivity index (χ1v) is 8.31. The van der Waals surface area contributed by atoms with Crippen LogP contribution in [0.15, 0.2) is 22.7 Å². The van der Waals surface area contributed by atoms with Crippen molar-refractivity contribution in [2.75, 3.05) is 13.1 Å². The Balaban J connectivity index is 1.48. The lowest BCUT2D eigenvalue weighted by atomic mass is 10.0. The van der Waals surface area contributed by atoms with Gasteiger partial charge in [-0.1, -0.05) is 27.5 Å². The fourth-order valence-corrected chi connectivity index (χ4v) is 3.43. The molecule has 1 heterocycles. The lowest BCUT2D eigenvalue weighted by Gasteiger charge is -2.32. The molecule has 1 aromatic carbocycles. The van der Waals surface area contributed by atoms with Crippen molar-refractivity contribution in [1.82, 2.24) is 10.2 Å². The minimum absolute atomic E-state index is 0.644. The van der Waals surface area contributed by atoms with Gasteiger partial charge in [0.05, 0.1) is 0 Å². The van der Waals surface area contributed by atoms with Crippen molar-refractivity contribution < 1.29 is 0 Å². The average molecular weight is 344 g/mol. The van der Waals surface area contributed by atoms with Gasteiger partial charge in [0.1, 0.15) is 0 Å². The highest BCUT2D eigenvalue weighted by Gasteiger charge is 2.31. The maximum atomic E-state index is 6.22. The van der Waals surface area contributed by atoms with E-state index >= 15 is 0 Å². The van der Waals surface area contributed by atoms with Crippen LogP contribution in [-0.2, 0) is 6.54 Å². The fourth-order valence-electron chi connectivity index (χ4n) is 2.84. The summed E-state index contributed by atoms with van der Waals surface area (Å²) in [5, 5.41) is 4.51. The largest absolute Gasteiger partial charge is 0.310 e. The van der Waals surface area contributed by atoms with Gasteiger partial charge in [-0.05, 0) is 62.5 Å². The third-order valence-electron chi connectivity index (χ3n) is 4.18. The zero-order valence-corrected chi connectivity index (χ0v) is 13.4. The molecule has 0 atom stereocenters. The highest BCUT2D eigenvalue weighted by molar-refractivity contribution is 9.10. The average Bonchev–Trinajstić information content (AvgIpc) is 3.25. The molecule has 1 N–H and O–H groups in total. The molecule has 1 aromatic rings. The predicted molar refractivity (Wildman–Crippen MR) is 83.6 cm³/mol. The number of rotatable bonds is 4. The second-order valence-electron chi connectivity index (χ2n) is 5.66. The number of benzene rings is 1. The minimum atomic E-state index is 0.644. The van der Waals surface area contributed by atoms with Crippen molar-refractivity contribution in [1.29, 1.82) is 0 Å². The van der Waals surface area contributed by atoms with Gasteiger partial charge in [-0.2, -0.15) is 0 Å². The summed E-state index contributed by atoms with van der Waals surface area (Å²) >= 11 is 9.72. The number of hydrogen-bond acceptors (Lipinski definition) is 2. The maximum absolute atomic E-state index is 6.22. The molecule has 1 aliphatic carbocycles. The quantitative estimate of drug-likeness (QED) is 0.894. The first-order chi connectivity index (χ1) is 9.22. The highest BCUT2D eigenvalue weighted by Crippen LogP contribution is 2.29. The smallest absolute Gasteiger partial charge is 0.0451 e. The summed E-state index contributed by atoms with van der Waals surface area (Å²) in [7, 11) is 0. The van der Waals surface area contributed by atoms with Crippen LogP contribution in [0.3, 0.4) is 0 Å². The number of piperidine rings is 1. The van der Waals surface area contributed by atoms with E-state index in [0.717, 1.165) is 22.1 Å². The lowest BCUT2D eigenvalue weighted by molar-refractivity contribution is 0.189. The van der Waals surface area contributed by atoms with Gasteiger partial charge in [-0.25, -0.2) is 0 Å². The SMILES string of the molecule is Clc1ccc(Br)cc1CNC1CCN(C2CC2)CC1. The van der Waals surface area contributed by atoms with Crippen LogP contribution in [0.4, 0.5) is 0 Å². The summed E-state index contributed by atoms with van der Waals surface area (Å²) in [6.07, 6.45) is 5.38. The van der Waals surface area contributed by atoms with E-state index in [9.17, 15) is 0 Å². The Morgan fingerprint density at radius 2 is 1.95 bits per heavy atom. The third-order valence-corrected chi connectivity index (χ3v) is 5.04. The van der Waals surface area contributed by atoms with Gasteiger partial charge in [-0.3, -0.25) is 0 Å². The standard InChI is InChI=1S/C15H20BrClN2/c16-12-1-4-15(17)11(9-12)10-18-13-5-7-19(8-6-13)14-2-3-14/h1,4,9,13-14,18H,2-3,5-8,10H2. The number of hydrogen-bond donors (Lipinski definition) is 1. The van der Waals surface area contributed by atoms with Crippen LogP contribution in [0.2, 0.25) is 5.02 Å². The van der Waals surface area contributed by atoms with Gasteiger partial charge in [-0.15, -0.1) is 0 Å². The van der Waals surface area contributed by atoms with Crippen LogP contribution < -0.4 is 5.32 Å². The summed E-state index contributed by atoms with van der Waals surface area (Å²) in [6.45, 7) is 3.38. The number of halogens is 2. The van der Waals surface area contributed by atoms with Crippen molar-refractivity contribution in [3.05, 3.63) is 33.3 Å². The van der Waals surface area contributed by atoms with Crippen LogP contribution in [0.25, 0.3) is 0 Å². The molecule has 1 saturated heterocycles. The van der Waals surface area contributed by atoms with Gasteiger partial charge < -0.3 is 10.2 Å². The molecule has 1 aliphatic heterocycles. The molecule has 0 unspecified atom stereocenters. The molecule has 1 saturated carbocycles. The second-order valence-corrected chi connectivity index (χ2v) is 6.98. The van der Waals surface area contributed by atoms with E-state index in [1.807, 2.05) is 12.1 Å². The van der Waals surface area contributed by atoms with Crippen LogP contribution in [-0.4, -0.2) is 30.1 Å². The molecule has 0 radical (unpaired) electrons. The van der Waals surface area contributed by atoms with E-state index in [-0.39, 0.29) is 0 Å². The van der Waals surface area contributed by atoms with Crippen molar-refractivity contribution in [3.8, 4) is 0 Å². The molecule has 2 fully saturated rings. The zero-order valence-electron chi connectivity index (χ0n) is 11.0. The first-order valence-electron chi connectivity index (χ1n) is 7.14. The number of nitrogens with zero attached hydrogens (tertiary/aromatic N) is 1. The first kappa shape index (κ1) is 13.9. The Morgan fingerprint density at radius 1 is 1.21 bits per heavy atom. The van der Waals surface area contributed by atoms with Crippen molar-refractivity contribution in [2.45, 2.75) is 44.3 Å².